The van der Waals surface area contributed by atoms with Crippen LogP contribution in [0.5, 0.6) is 5.75 Å². The number of rotatable bonds is 6. The van der Waals surface area contributed by atoms with Gasteiger partial charge < -0.3 is 25.4 Å². The van der Waals surface area contributed by atoms with Gasteiger partial charge in [-0.25, -0.2) is 4.79 Å². The van der Waals surface area contributed by atoms with E-state index in [-0.39, 0.29) is 12.5 Å². The molecule has 0 aromatic heterocycles. The monoisotopic (exact) mass is 399 g/mol. The van der Waals surface area contributed by atoms with Crippen molar-refractivity contribution in [3.63, 3.8) is 0 Å². The van der Waals surface area contributed by atoms with Crippen molar-refractivity contribution < 1.29 is 23.9 Å². The Balaban J connectivity index is 2.02. The Morgan fingerprint density at radius 1 is 0.897 bits per heavy atom. The van der Waals surface area contributed by atoms with Crippen molar-refractivity contribution in [1.82, 2.24) is 5.32 Å². The van der Waals surface area contributed by atoms with E-state index in [0.717, 1.165) is 0 Å². The molecule has 0 fully saturated rings. The first kappa shape index (κ1) is 21.7. The third-order valence-corrected chi connectivity index (χ3v) is 3.59. The summed E-state index contributed by atoms with van der Waals surface area (Å²) in [6.45, 7) is 4.91. The maximum absolute atomic E-state index is 12.6. The lowest BCUT2D eigenvalue weighted by Gasteiger charge is -2.19. The molecule has 0 aliphatic heterocycles. The van der Waals surface area contributed by atoms with E-state index in [2.05, 4.69) is 16.0 Å². The van der Waals surface area contributed by atoms with Crippen LogP contribution in [0.1, 0.15) is 31.1 Å². The molecule has 154 valence electrons. The van der Waals surface area contributed by atoms with Crippen LogP contribution in [-0.2, 0) is 9.53 Å². The number of carbonyl (C=O) groups excluding carboxylic acids is 3. The van der Waals surface area contributed by atoms with Crippen LogP contribution in [0, 0.1) is 0 Å². The number of ether oxygens (including phenoxy) is 2. The van der Waals surface area contributed by atoms with Gasteiger partial charge in [0.2, 0.25) is 5.91 Å². The number of amides is 3. The summed E-state index contributed by atoms with van der Waals surface area (Å²) in [5.41, 5.74) is 0.513. The van der Waals surface area contributed by atoms with Gasteiger partial charge in [0.1, 0.15) is 17.9 Å². The zero-order valence-electron chi connectivity index (χ0n) is 16.9. The Hall–Kier alpha value is -3.55. The quantitative estimate of drug-likeness (QED) is 0.690. The predicted octanol–water partition coefficient (Wildman–Crippen LogP) is 3.41. The number of hydrogen-bond donors (Lipinski definition) is 3. The summed E-state index contributed by atoms with van der Waals surface area (Å²) < 4.78 is 10.3. The molecule has 2 rings (SSSR count). The van der Waals surface area contributed by atoms with Gasteiger partial charge >= 0.3 is 6.09 Å². The first-order valence-corrected chi connectivity index (χ1v) is 8.99. The van der Waals surface area contributed by atoms with E-state index in [1.165, 1.54) is 7.11 Å². The van der Waals surface area contributed by atoms with Crippen molar-refractivity contribution in [1.29, 1.82) is 0 Å². The molecule has 0 saturated heterocycles. The summed E-state index contributed by atoms with van der Waals surface area (Å²) in [5.74, 6) is -0.404. The summed E-state index contributed by atoms with van der Waals surface area (Å²) in [4.78, 5) is 36.4. The molecular formula is C21H25N3O5. The van der Waals surface area contributed by atoms with Crippen molar-refractivity contribution in [2.75, 3.05) is 24.3 Å². The molecule has 0 radical (unpaired) electrons. The maximum atomic E-state index is 12.6. The zero-order valence-corrected chi connectivity index (χ0v) is 16.9. The molecule has 3 N–H and O–H groups in total. The van der Waals surface area contributed by atoms with Crippen molar-refractivity contribution in [3.8, 4) is 5.75 Å². The van der Waals surface area contributed by atoms with E-state index in [4.69, 9.17) is 9.47 Å². The van der Waals surface area contributed by atoms with E-state index >= 15 is 0 Å². The molecule has 8 nitrogen and oxygen atoms in total. The highest BCUT2D eigenvalue weighted by atomic mass is 16.6. The molecule has 0 unspecified atom stereocenters. The van der Waals surface area contributed by atoms with Crippen molar-refractivity contribution >= 4 is 29.3 Å². The highest BCUT2D eigenvalue weighted by Crippen LogP contribution is 2.24. The molecule has 0 heterocycles. The first-order chi connectivity index (χ1) is 13.7. The van der Waals surface area contributed by atoms with Crippen molar-refractivity contribution in [2.45, 2.75) is 26.4 Å². The zero-order chi connectivity index (χ0) is 21.4. The third kappa shape index (κ3) is 6.84. The molecule has 0 atom stereocenters. The van der Waals surface area contributed by atoms with Crippen LogP contribution in [0.3, 0.4) is 0 Å². The number of carbonyl (C=O) groups is 3. The number of para-hydroxylation sites is 3. The maximum Gasteiger partial charge on any atom is 0.408 e. The Kier molecular flexibility index (Phi) is 7.19. The summed E-state index contributed by atoms with van der Waals surface area (Å²) >= 11 is 0. The van der Waals surface area contributed by atoms with Crippen LogP contribution in [0.2, 0.25) is 0 Å². The Morgan fingerprint density at radius 3 is 2.10 bits per heavy atom. The molecule has 2 aromatic rings. The lowest BCUT2D eigenvalue weighted by Crippen LogP contribution is -2.37. The number of nitrogens with one attached hydrogen (secondary N) is 3. The molecule has 8 heteroatoms. The highest BCUT2D eigenvalue weighted by molar-refractivity contribution is 6.08. The molecule has 2 aromatic carbocycles. The fraction of sp³-hybridized carbons (Fsp3) is 0.286. The van der Waals surface area contributed by atoms with E-state index < -0.39 is 17.6 Å². The van der Waals surface area contributed by atoms with Crippen molar-refractivity contribution in [3.05, 3.63) is 54.1 Å². The first-order valence-electron chi connectivity index (χ1n) is 8.99. The van der Waals surface area contributed by atoms with Crippen LogP contribution >= 0.6 is 0 Å². The molecule has 29 heavy (non-hydrogen) atoms. The largest absolute Gasteiger partial charge is 0.496 e. The minimum absolute atomic E-state index is 0.274. The van der Waals surface area contributed by atoms with E-state index in [1.54, 1.807) is 69.3 Å². The van der Waals surface area contributed by atoms with Gasteiger partial charge in [-0.2, -0.15) is 0 Å². The minimum atomic E-state index is -0.689. The van der Waals surface area contributed by atoms with Crippen LogP contribution in [0.15, 0.2) is 48.5 Å². The fourth-order valence-corrected chi connectivity index (χ4v) is 2.38. The second-order valence-electron chi connectivity index (χ2n) is 7.10. The predicted molar refractivity (Wildman–Crippen MR) is 110 cm³/mol. The molecular weight excluding hydrogens is 374 g/mol. The summed E-state index contributed by atoms with van der Waals surface area (Å²) in [7, 11) is 1.48. The van der Waals surface area contributed by atoms with Gasteiger partial charge in [0.05, 0.1) is 24.0 Å². The molecule has 0 bridgehead atoms. The smallest absolute Gasteiger partial charge is 0.408 e. The molecule has 0 aliphatic rings. The van der Waals surface area contributed by atoms with Gasteiger partial charge in [-0.1, -0.05) is 24.3 Å². The summed E-state index contributed by atoms with van der Waals surface area (Å²) in [5, 5.41) is 7.80. The Bertz CT molecular complexity index is 890. The van der Waals surface area contributed by atoms with Gasteiger partial charge in [0.25, 0.3) is 5.91 Å². The van der Waals surface area contributed by atoms with Gasteiger partial charge in [-0.05, 0) is 45.0 Å². The van der Waals surface area contributed by atoms with Crippen LogP contribution < -0.4 is 20.7 Å². The number of anilines is 2. The van der Waals surface area contributed by atoms with Crippen LogP contribution in [0.25, 0.3) is 0 Å². The summed E-state index contributed by atoms with van der Waals surface area (Å²) in [6.07, 6.45) is -0.689. The standard InChI is InChI=1S/C21H25N3O5/c1-21(2,3)29-20(27)22-13-18(25)23-15-10-6-7-11-16(15)24-19(26)14-9-5-8-12-17(14)28-4/h5-12H,13H2,1-4H3,(H,22,27)(H,23,25)(H,24,26). The molecule has 0 aliphatic carbocycles. The second-order valence-corrected chi connectivity index (χ2v) is 7.10. The Morgan fingerprint density at radius 2 is 1.48 bits per heavy atom. The highest BCUT2D eigenvalue weighted by Gasteiger charge is 2.17. The number of benzene rings is 2. The average molecular weight is 399 g/mol. The fourth-order valence-electron chi connectivity index (χ4n) is 2.38. The minimum Gasteiger partial charge on any atom is -0.496 e. The van der Waals surface area contributed by atoms with Gasteiger partial charge in [0, 0.05) is 0 Å². The van der Waals surface area contributed by atoms with E-state index in [1.807, 2.05) is 0 Å². The topological polar surface area (TPSA) is 106 Å². The Labute approximate surface area is 169 Å². The van der Waals surface area contributed by atoms with Gasteiger partial charge in [0.15, 0.2) is 0 Å². The van der Waals surface area contributed by atoms with E-state index in [0.29, 0.717) is 22.7 Å². The summed E-state index contributed by atoms with van der Waals surface area (Å²) in [6, 6.07) is 13.6. The molecule has 0 saturated carbocycles. The number of alkyl carbamates (subject to hydrolysis) is 1. The molecule has 0 spiro atoms. The number of hydrogen-bond acceptors (Lipinski definition) is 5. The van der Waals surface area contributed by atoms with Gasteiger partial charge in [-0.15, -0.1) is 0 Å². The SMILES string of the molecule is COc1ccccc1C(=O)Nc1ccccc1NC(=O)CNC(=O)OC(C)(C)C. The van der Waals surface area contributed by atoms with Gasteiger partial charge in [-0.3, -0.25) is 9.59 Å². The number of methoxy groups -OCH3 is 1. The van der Waals surface area contributed by atoms with Crippen molar-refractivity contribution in [2.24, 2.45) is 0 Å². The van der Waals surface area contributed by atoms with Crippen LogP contribution in [0.4, 0.5) is 16.2 Å². The van der Waals surface area contributed by atoms with E-state index in [9.17, 15) is 14.4 Å². The lowest BCUT2D eigenvalue weighted by molar-refractivity contribution is -0.115. The van der Waals surface area contributed by atoms with Crippen LogP contribution in [-0.4, -0.2) is 37.2 Å². The molecule has 3 amide bonds. The average Bonchev–Trinajstić information content (AvgIpc) is 2.66. The third-order valence-electron chi connectivity index (χ3n) is 3.59. The second kappa shape index (κ2) is 9.59. The lowest BCUT2D eigenvalue weighted by atomic mass is 10.1. The normalized spacial score (nSPS) is 10.6.